The fourth-order valence-electron chi connectivity index (χ4n) is 1.65. The van der Waals surface area contributed by atoms with Gasteiger partial charge in [0.1, 0.15) is 4.99 Å². The average Bonchev–Trinajstić information content (AvgIpc) is 2.89. The van der Waals surface area contributed by atoms with Crippen LogP contribution in [0.3, 0.4) is 0 Å². The van der Waals surface area contributed by atoms with Crippen LogP contribution in [0.1, 0.15) is 16.0 Å². The van der Waals surface area contributed by atoms with Crippen LogP contribution in [-0.2, 0) is 22.3 Å². The van der Waals surface area contributed by atoms with E-state index in [0.29, 0.717) is 11.1 Å². The number of aromatic nitrogens is 1. The third kappa shape index (κ3) is 4.07. The molecule has 3 N–H and O–H groups in total. The lowest BCUT2D eigenvalue weighted by molar-refractivity contribution is 0.581. The first-order valence-corrected chi connectivity index (χ1v) is 8.64. The van der Waals surface area contributed by atoms with Crippen LogP contribution in [0.2, 0.25) is 0 Å². The molecule has 0 atom stereocenters. The number of rotatable bonds is 6. The molecule has 0 saturated carbocycles. The molecular weight excluding hydrogens is 314 g/mol. The van der Waals surface area contributed by atoms with E-state index in [-0.39, 0.29) is 17.3 Å². The number of thiazole rings is 1. The molecule has 0 radical (unpaired) electrons. The number of benzene rings is 1. The van der Waals surface area contributed by atoms with Crippen LogP contribution >= 0.6 is 23.6 Å². The van der Waals surface area contributed by atoms with Gasteiger partial charge in [-0.2, -0.15) is 0 Å². The summed E-state index contributed by atoms with van der Waals surface area (Å²) in [5.74, 6) is -0.153. The summed E-state index contributed by atoms with van der Waals surface area (Å²) >= 11 is 6.32. The maximum absolute atomic E-state index is 12.1. The van der Waals surface area contributed by atoms with Gasteiger partial charge in [0.2, 0.25) is 10.0 Å². The number of hydrogen-bond acceptors (Lipinski definition) is 5. The summed E-state index contributed by atoms with van der Waals surface area (Å²) in [4.78, 5) is 4.94. The molecule has 0 spiro atoms. The van der Waals surface area contributed by atoms with E-state index in [2.05, 4.69) is 9.71 Å². The fourth-order valence-corrected chi connectivity index (χ4v) is 3.62. The molecule has 0 bridgehead atoms. The van der Waals surface area contributed by atoms with Crippen molar-refractivity contribution in [3.05, 3.63) is 52.0 Å². The van der Waals surface area contributed by atoms with Crippen LogP contribution in [0.5, 0.6) is 0 Å². The van der Waals surface area contributed by atoms with Gasteiger partial charge < -0.3 is 5.73 Å². The smallest absolute Gasteiger partial charge is 0.216 e. The molecule has 1 aromatic carbocycles. The number of nitrogens with two attached hydrogens (primary N) is 1. The Morgan fingerprint density at radius 2 is 2.15 bits per heavy atom. The molecular formula is C12H13N3O2S3. The van der Waals surface area contributed by atoms with Crippen LogP contribution in [0, 0.1) is 0 Å². The lowest BCUT2D eigenvalue weighted by Crippen LogP contribution is -2.25. The second-order valence-corrected chi connectivity index (χ2v) is 7.29. The Balaban J connectivity index is 2.10. The highest BCUT2D eigenvalue weighted by atomic mass is 32.2. The van der Waals surface area contributed by atoms with E-state index in [1.807, 2.05) is 0 Å². The third-order valence-electron chi connectivity index (χ3n) is 2.58. The quantitative estimate of drug-likeness (QED) is 0.783. The zero-order valence-corrected chi connectivity index (χ0v) is 12.9. The van der Waals surface area contributed by atoms with Gasteiger partial charge in [0.15, 0.2) is 0 Å². The molecule has 0 saturated heterocycles. The first-order valence-electron chi connectivity index (χ1n) is 5.70. The molecule has 0 amide bonds. The van der Waals surface area contributed by atoms with E-state index in [1.165, 1.54) is 11.3 Å². The van der Waals surface area contributed by atoms with E-state index in [1.54, 1.807) is 36.0 Å². The van der Waals surface area contributed by atoms with Gasteiger partial charge >= 0.3 is 0 Å². The van der Waals surface area contributed by atoms with Crippen molar-refractivity contribution >= 4 is 38.6 Å². The van der Waals surface area contributed by atoms with Crippen LogP contribution in [0.15, 0.2) is 36.0 Å². The summed E-state index contributed by atoms with van der Waals surface area (Å²) in [5.41, 5.74) is 8.44. The maximum Gasteiger partial charge on any atom is 0.216 e. The molecule has 2 rings (SSSR count). The van der Waals surface area contributed by atoms with Gasteiger partial charge in [-0.25, -0.2) is 13.1 Å². The summed E-state index contributed by atoms with van der Waals surface area (Å²) in [5, 5.41) is 0. The summed E-state index contributed by atoms with van der Waals surface area (Å²) < 4.78 is 26.7. The lowest BCUT2D eigenvalue weighted by atomic mass is 10.1. The van der Waals surface area contributed by atoms with Gasteiger partial charge in [-0.3, -0.25) is 4.98 Å². The van der Waals surface area contributed by atoms with Gasteiger partial charge in [-0.05, 0) is 5.56 Å². The van der Waals surface area contributed by atoms with Gasteiger partial charge in [-0.15, -0.1) is 11.3 Å². The molecule has 2 aromatic rings. The molecule has 1 aromatic heterocycles. The zero-order valence-electron chi connectivity index (χ0n) is 10.4. The Kier molecular flexibility index (Phi) is 4.81. The van der Waals surface area contributed by atoms with E-state index in [9.17, 15) is 8.42 Å². The zero-order chi connectivity index (χ0) is 14.6. The minimum absolute atomic E-state index is 0.153. The van der Waals surface area contributed by atoms with Crippen molar-refractivity contribution in [2.24, 2.45) is 5.73 Å². The van der Waals surface area contributed by atoms with Crippen LogP contribution < -0.4 is 10.5 Å². The molecule has 0 unspecified atom stereocenters. The van der Waals surface area contributed by atoms with E-state index in [4.69, 9.17) is 18.0 Å². The fraction of sp³-hybridized carbons (Fsp3) is 0.167. The Bertz CT molecular complexity index is 696. The number of thiocarbonyl (C=S) groups is 1. The number of sulfonamides is 1. The van der Waals surface area contributed by atoms with Crippen molar-refractivity contribution in [1.82, 2.24) is 9.71 Å². The van der Waals surface area contributed by atoms with Crippen molar-refractivity contribution in [2.45, 2.75) is 12.3 Å². The number of nitrogens with one attached hydrogen (secondary N) is 1. The molecule has 0 aliphatic carbocycles. The molecule has 5 nitrogen and oxygen atoms in total. The second-order valence-electron chi connectivity index (χ2n) is 4.07. The largest absolute Gasteiger partial charge is 0.389 e. The van der Waals surface area contributed by atoms with Gasteiger partial charge in [-0.1, -0.05) is 36.5 Å². The molecule has 0 aliphatic heterocycles. The lowest BCUT2D eigenvalue weighted by Gasteiger charge is -2.09. The van der Waals surface area contributed by atoms with Crippen molar-refractivity contribution in [1.29, 1.82) is 0 Å². The Labute approximate surface area is 126 Å². The van der Waals surface area contributed by atoms with Crippen LogP contribution in [0.25, 0.3) is 0 Å². The number of nitrogens with zero attached hydrogens (tertiary/aromatic N) is 1. The normalized spacial score (nSPS) is 11.4. The first kappa shape index (κ1) is 15.0. The molecule has 0 aliphatic rings. The maximum atomic E-state index is 12.1. The highest BCUT2D eigenvalue weighted by molar-refractivity contribution is 7.88. The van der Waals surface area contributed by atoms with Gasteiger partial charge in [0.25, 0.3) is 0 Å². The summed E-state index contributed by atoms with van der Waals surface area (Å²) in [6.45, 7) is 0.238. The van der Waals surface area contributed by atoms with E-state index >= 15 is 0 Å². The highest BCUT2D eigenvalue weighted by Crippen LogP contribution is 2.13. The van der Waals surface area contributed by atoms with Crippen LogP contribution in [-0.4, -0.2) is 18.4 Å². The van der Waals surface area contributed by atoms with Crippen LogP contribution in [0.4, 0.5) is 0 Å². The summed E-state index contributed by atoms with van der Waals surface area (Å²) in [6, 6.07) is 6.96. The van der Waals surface area contributed by atoms with Crippen molar-refractivity contribution in [3.8, 4) is 0 Å². The monoisotopic (exact) mass is 327 g/mol. The topological polar surface area (TPSA) is 85.1 Å². The minimum Gasteiger partial charge on any atom is -0.389 e. The molecule has 0 fully saturated rings. The molecule has 20 heavy (non-hydrogen) atoms. The molecule has 8 heteroatoms. The Hall–Kier alpha value is -1.35. The van der Waals surface area contributed by atoms with Gasteiger partial charge in [0.05, 0.1) is 11.3 Å². The number of hydrogen-bond donors (Lipinski definition) is 2. The Morgan fingerprint density at radius 1 is 1.40 bits per heavy atom. The summed E-state index contributed by atoms with van der Waals surface area (Å²) in [7, 11) is -3.45. The summed E-state index contributed by atoms with van der Waals surface area (Å²) in [6.07, 6.45) is 1.64. The third-order valence-corrected chi connectivity index (χ3v) is 4.85. The van der Waals surface area contributed by atoms with Gasteiger partial charge in [0, 0.05) is 23.2 Å². The van der Waals surface area contributed by atoms with E-state index in [0.717, 1.165) is 4.88 Å². The molecule has 1 heterocycles. The van der Waals surface area contributed by atoms with Crippen molar-refractivity contribution < 1.29 is 8.42 Å². The minimum atomic E-state index is -3.45. The van der Waals surface area contributed by atoms with Crippen molar-refractivity contribution in [2.75, 3.05) is 0 Å². The molecule has 106 valence electrons. The second kappa shape index (κ2) is 6.40. The predicted molar refractivity (Wildman–Crippen MR) is 83.9 cm³/mol. The SMILES string of the molecule is NC(=S)c1ccccc1CS(=O)(=O)NCc1cncs1. The predicted octanol–water partition coefficient (Wildman–Crippen LogP) is 1.40. The van der Waals surface area contributed by atoms with E-state index < -0.39 is 10.0 Å². The van der Waals surface area contributed by atoms with Crippen molar-refractivity contribution in [3.63, 3.8) is 0 Å². The average molecular weight is 327 g/mol. The first-order chi connectivity index (χ1) is 9.48. The standard InChI is InChI=1S/C12H13N3O2S3/c13-12(18)11-4-2-1-3-9(11)7-20(16,17)15-6-10-5-14-8-19-10/h1-5,8,15H,6-7H2,(H2,13,18). The Morgan fingerprint density at radius 3 is 2.80 bits per heavy atom. The highest BCUT2D eigenvalue weighted by Gasteiger charge is 2.15.